The summed E-state index contributed by atoms with van der Waals surface area (Å²) in [6.45, 7) is 6.20. The summed E-state index contributed by atoms with van der Waals surface area (Å²) in [7, 11) is 0. The summed E-state index contributed by atoms with van der Waals surface area (Å²) in [5, 5.41) is 0.939. The maximum atomic E-state index is 13.5. The van der Waals surface area contributed by atoms with Crippen LogP contribution >= 0.6 is 0 Å². The highest BCUT2D eigenvalue weighted by Gasteiger charge is 2.27. The van der Waals surface area contributed by atoms with Gasteiger partial charge < -0.3 is 9.64 Å². The summed E-state index contributed by atoms with van der Waals surface area (Å²) in [5.74, 6) is 0.515. The fourth-order valence-corrected chi connectivity index (χ4v) is 4.66. The lowest BCUT2D eigenvalue weighted by atomic mass is 9.96. The molecular weight excluding hydrogens is 390 g/mol. The van der Waals surface area contributed by atoms with Crippen LogP contribution in [0, 0.1) is 5.92 Å². The summed E-state index contributed by atoms with van der Waals surface area (Å²) in [6.07, 6.45) is 9.27. The maximum absolute atomic E-state index is 13.5. The summed E-state index contributed by atoms with van der Waals surface area (Å²) in [5.41, 5.74) is 3.26. The number of fused-ring (bicyclic) bond motifs is 1. The largest absolute Gasteiger partial charge is 0.379 e. The first-order valence-electron chi connectivity index (χ1n) is 11.0. The van der Waals surface area contributed by atoms with E-state index in [1.54, 1.807) is 18.6 Å². The zero-order valence-electron chi connectivity index (χ0n) is 17.6. The van der Waals surface area contributed by atoms with Gasteiger partial charge in [-0.3, -0.25) is 19.7 Å². The van der Waals surface area contributed by atoms with Crippen molar-refractivity contribution < 1.29 is 9.53 Å². The minimum Gasteiger partial charge on any atom is -0.379 e. The molecule has 31 heavy (non-hydrogen) atoms. The van der Waals surface area contributed by atoms with Crippen LogP contribution in [0.1, 0.15) is 23.3 Å². The lowest BCUT2D eigenvalue weighted by Gasteiger charge is -2.36. The maximum Gasteiger partial charge on any atom is 0.272 e. The molecule has 0 saturated carbocycles. The van der Waals surface area contributed by atoms with Crippen LogP contribution < -0.4 is 0 Å². The van der Waals surface area contributed by atoms with Gasteiger partial charge in [-0.15, -0.1) is 0 Å². The molecule has 5 rings (SSSR count). The van der Waals surface area contributed by atoms with Crippen molar-refractivity contribution in [2.75, 3.05) is 45.9 Å². The third kappa shape index (κ3) is 4.43. The molecule has 5 heterocycles. The van der Waals surface area contributed by atoms with Gasteiger partial charge in [0.2, 0.25) is 0 Å². The van der Waals surface area contributed by atoms with E-state index in [1.165, 1.54) is 6.42 Å². The summed E-state index contributed by atoms with van der Waals surface area (Å²) in [4.78, 5) is 31.0. The number of piperidine rings is 1. The predicted molar refractivity (Wildman–Crippen MR) is 119 cm³/mol. The van der Waals surface area contributed by atoms with Crippen LogP contribution in [0.3, 0.4) is 0 Å². The first kappa shape index (κ1) is 20.0. The Morgan fingerprint density at radius 3 is 2.71 bits per heavy atom. The van der Waals surface area contributed by atoms with Crippen molar-refractivity contribution >= 4 is 16.8 Å². The average Bonchev–Trinajstić information content (AvgIpc) is 2.84. The van der Waals surface area contributed by atoms with E-state index < -0.39 is 0 Å². The molecule has 3 aromatic rings. The smallest absolute Gasteiger partial charge is 0.272 e. The van der Waals surface area contributed by atoms with Crippen molar-refractivity contribution in [2.24, 2.45) is 5.92 Å². The highest BCUT2D eigenvalue weighted by molar-refractivity contribution is 6.01. The number of pyridine rings is 3. The van der Waals surface area contributed by atoms with E-state index in [2.05, 4.69) is 14.9 Å². The van der Waals surface area contributed by atoms with E-state index >= 15 is 0 Å². The monoisotopic (exact) mass is 417 g/mol. The molecule has 0 aliphatic carbocycles. The number of ether oxygens (including phenoxy) is 1. The number of likely N-dealkylation sites (tertiary alicyclic amines) is 1. The zero-order valence-corrected chi connectivity index (χ0v) is 17.6. The Morgan fingerprint density at radius 1 is 1.06 bits per heavy atom. The fraction of sp³-hybridized carbons (Fsp3) is 0.417. The highest BCUT2D eigenvalue weighted by atomic mass is 16.5. The second kappa shape index (κ2) is 9.08. The van der Waals surface area contributed by atoms with Crippen LogP contribution in [-0.4, -0.2) is 76.6 Å². The van der Waals surface area contributed by atoms with E-state index in [0.717, 1.165) is 74.4 Å². The topological polar surface area (TPSA) is 71.5 Å². The van der Waals surface area contributed by atoms with Crippen LogP contribution in [-0.2, 0) is 4.74 Å². The number of rotatable bonds is 4. The molecule has 2 fully saturated rings. The van der Waals surface area contributed by atoms with Crippen molar-refractivity contribution in [1.29, 1.82) is 0 Å². The average molecular weight is 418 g/mol. The molecule has 2 aliphatic rings. The van der Waals surface area contributed by atoms with Gasteiger partial charge >= 0.3 is 0 Å². The summed E-state index contributed by atoms with van der Waals surface area (Å²) < 4.78 is 5.47. The van der Waals surface area contributed by atoms with Crippen molar-refractivity contribution in [3.8, 4) is 11.1 Å². The number of amides is 1. The summed E-state index contributed by atoms with van der Waals surface area (Å²) in [6, 6.07) is 7.69. The quantitative estimate of drug-likeness (QED) is 0.650. The highest BCUT2D eigenvalue weighted by Crippen LogP contribution is 2.29. The van der Waals surface area contributed by atoms with E-state index in [4.69, 9.17) is 9.72 Å². The first-order valence-corrected chi connectivity index (χ1v) is 11.0. The van der Waals surface area contributed by atoms with Gasteiger partial charge in [-0.2, -0.15) is 0 Å². The lowest BCUT2D eigenvalue weighted by molar-refractivity contribution is 0.0223. The van der Waals surface area contributed by atoms with Gasteiger partial charge in [0.15, 0.2) is 0 Å². The van der Waals surface area contributed by atoms with Crippen molar-refractivity contribution in [1.82, 2.24) is 24.8 Å². The third-order valence-corrected chi connectivity index (χ3v) is 6.25. The number of carbonyl (C=O) groups is 1. The van der Waals surface area contributed by atoms with Crippen LogP contribution in [0.4, 0.5) is 0 Å². The van der Waals surface area contributed by atoms with Crippen molar-refractivity contribution in [3.05, 3.63) is 54.7 Å². The van der Waals surface area contributed by atoms with Crippen LogP contribution in [0.25, 0.3) is 22.0 Å². The molecule has 7 nitrogen and oxygen atoms in total. The second-order valence-electron chi connectivity index (χ2n) is 8.36. The number of aromatic nitrogens is 3. The normalized spacial score (nSPS) is 20.1. The van der Waals surface area contributed by atoms with E-state index in [9.17, 15) is 4.79 Å². The zero-order chi connectivity index (χ0) is 21.0. The lowest BCUT2D eigenvalue weighted by Crippen LogP contribution is -2.46. The van der Waals surface area contributed by atoms with Crippen LogP contribution in [0.2, 0.25) is 0 Å². The van der Waals surface area contributed by atoms with Gasteiger partial charge in [0.1, 0.15) is 5.69 Å². The van der Waals surface area contributed by atoms with Crippen molar-refractivity contribution in [2.45, 2.75) is 12.8 Å². The van der Waals surface area contributed by atoms with Gasteiger partial charge in [0.05, 0.1) is 18.7 Å². The number of nitrogens with zero attached hydrogens (tertiary/aromatic N) is 5. The Morgan fingerprint density at radius 2 is 1.87 bits per heavy atom. The van der Waals surface area contributed by atoms with E-state index in [-0.39, 0.29) is 5.91 Å². The summed E-state index contributed by atoms with van der Waals surface area (Å²) >= 11 is 0. The molecule has 7 heteroatoms. The number of morpholine rings is 1. The number of hydrogen-bond donors (Lipinski definition) is 0. The number of hydrogen-bond acceptors (Lipinski definition) is 6. The Kier molecular flexibility index (Phi) is 5.86. The molecule has 2 saturated heterocycles. The Bertz CT molecular complexity index is 1050. The Labute approximate surface area is 182 Å². The van der Waals surface area contributed by atoms with Gasteiger partial charge in [-0.25, -0.2) is 4.98 Å². The van der Waals surface area contributed by atoms with E-state index in [1.807, 2.05) is 35.4 Å². The Hall–Kier alpha value is -2.90. The van der Waals surface area contributed by atoms with Crippen LogP contribution in [0.5, 0.6) is 0 Å². The minimum absolute atomic E-state index is 0.0145. The molecule has 0 aromatic carbocycles. The molecule has 0 radical (unpaired) electrons. The molecule has 1 unspecified atom stereocenters. The van der Waals surface area contributed by atoms with Gasteiger partial charge in [-0.05, 0) is 54.2 Å². The molecule has 0 spiro atoms. The molecule has 0 bridgehead atoms. The molecule has 3 aromatic heterocycles. The third-order valence-electron chi connectivity index (χ3n) is 6.25. The molecule has 2 aliphatic heterocycles. The molecule has 160 valence electrons. The number of carbonyl (C=O) groups excluding carboxylic acids is 1. The minimum atomic E-state index is 0.0145. The standard InChI is InChI=1S/C24H27N5O2/c30-24(29-9-1-2-18(17-29)16-28-10-12-31-13-11-28)23-14-20(19-3-6-25-7-4-19)21-15-26-8-5-22(21)27-23/h3-8,14-15,18H,1-2,9-13,16-17H2. The first-order chi connectivity index (χ1) is 15.3. The van der Waals surface area contributed by atoms with Crippen LogP contribution in [0.15, 0.2) is 49.1 Å². The van der Waals surface area contributed by atoms with Gasteiger partial charge in [-0.1, -0.05) is 0 Å². The fourth-order valence-electron chi connectivity index (χ4n) is 4.66. The van der Waals surface area contributed by atoms with Gasteiger partial charge in [0.25, 0.3) is 5.91 Å². The molecule has 0 N–H and O–H groups in total. The van der Waals surface area contributed by atoms with E-state index in [0.29, 0.717) is 11.6 Å². The molecular formula is C24H27N5O2. The predicted octanol–water partition coefficient (Wildman–Crippen LogP) is 2.88. The van der Waals surface area contributed by atoms with Gasteiger partial charge in [0, 0.05) is 62.9 Å². The molecule has 1 amide bonds. The SMILES string of the molecule is O=C(c1cc(-c2ccncc2)c2cnccc2n1)N1CCCC(CN2CCOCC2)C1. The Balaban J connectivity index is 1.40. The van der Waals surface area contributed by atoms with Crippen molar-refractivity contribution in [3.63, 3.8) is 0 Å². The second-order valence-corrected chi connectivity index (χ2v) is 8.36. The molecule has 1 atom stereocenters.